The van der Waals surface area contributed by atoms with Gasteiger partial charge in [-0.05, 0) is 55.3 Å². The van der Waals surface area contributed by atoms with Gasteiger partial charge < -0.3 is 15.0 Å². The van der Waals surface area contributed by atoms with Crippen molar-refractivity contribution in [2.75, 3.05) is 7.11 Å². The maximum absolute atomic E-state index is 14.1. The summed E-state index contributed by atoms with van der Waals surface area (Å²) >= 11 is 0. The highest BCUT2D eigenvalue weighted by atomic mass is 19.1. The van der Waals surface area contributed by atoms with Crippen molar-refractivity contribution in [1.82, 2.24) is 19.9 Å². The van der Waals surface area contributed by atoms with Gasteiger partial charge in [-0.25, -0.2) is 8.91 Å². The number of hydrogen-bond donors (Lipinski definition) is 2. The summed E-state index contributed by atoms with van der Waals surface area (Å²) in [6, 6.07) is 18.0. The van der Waals surface area contributed by atoms with E-state index in [1.165, 1.54) is 23.8 Å². The molecule has 2 aromatic heterocycles. The molecule has 0 radical (unpaired) electrons. The average Bonchev–Trinajstić information content (AvgIpc) is 3.24. The third-order valence-corrected chi connectivity index (χ3v) is 6.53. The summed E-state index contributed by atoms with van der Waals surface area (Å²) in [5.41, 5.74) is 3.34. The van der Waals surface area contributed by atoms with E-state index < -0.39 is 17.8 Å². The number of ether oxygens (including phenoxy) is 1. The number of amides is 1. The van der Waals surface area contributed by atoms with Gasteiger partial charge in [-0.3, -0.25) is 9.59 Å². The number of aromatic amines is 1. The van der Waals surface area contributed by atoms with Crippen LogP contribution in [0.5, 0.6) is 5.75 Å². The normalized spacial score (nSPS) is 12.1. The van der Waals surface area contributed by atoms with Crippen molar-refractivity contribution < 1.29 is 13.9 Å². The van der Waals surface area contributed by atoms with Crippen LogP contribution in [-0.2, 0) is 0 Å². The highest BCUT2D eigenvalue weighted by molar-refractivity contribution is 5.96. The summed E-state index contributed by atoms with van der Waals surface area (Å²) in [5.74, 6) is -0.834. The molecule has 1 atom stereocenters. The predicted octanol–water partition coefficient (Wildman–Crippen LogP) is 5.10. The largest absolute Gasteiger partial charge is 0.494 e. The Morgan fingerprint density at radius 3 is 2.56 bits per heavy atom. The zero-order chi connectivity index (χ0) is 25.6. The standard InChI is InChI=1S/C28H25FN4O3/c1-15-24(27(34)30-16(2)19-11-12-23(36-4)22(29)14-19)32-33-17(3)25(31-28(35)26(15)33)21-10-9-18-7-5-6-8-20(18)13-21/h5-14,16H,1-4H3,(H,30,34)(H,31,35). The smallest absolute Gasteiger partial charge is 0.274 e. The van der Waals surface area contributed by atoms with E-state index in [0.717, 1.165) is 16.3 Å². The van der Waals surface area contributed by atoms with E-state index in [1.54, 1.807) is 19.9 Å². The Labute approximate surface area is 206 Å². The number of carbonyl (C=O) groups excluding carboxylic acids is 1. The fraction of sp³-hybridized carbons (Fsp3) is 0.179. The van der Waals surface area contributed by atoms with Crippen LogP contribution >= 0.6 is 0 Å². The lowest BCUT2D eigenvalue weighted by molar-refractivity contribution is 0.0934. The van der Waals surface area contributed by atoms with Gasteiger partial charge in [0.15, 0.2) is 17.3 Å². The summed E-state index contributed by atoms with van der Waals surface area (Å²) in [7, 11) is 1.39. The molecule has 0 spiro atoms. The molecule has 0 aliphatic heterocycles. The second-order valence-corrected chi connectivity index (χ2v) is 8.80. The minimum absolute atomic E-state index is 0.130. The van der Waals surface area contributed by atoms with E-state index in [2.05, 4.69) is 15.4 Å². The molecule has 1 amide bonds. The molecule has 0 aliphatic carbocycles. The number of aryl methyl sites for hydroxylation is 2. The average molecular weight is 485 g/mol. The van der Waals surface area contributed by atoms with Crippen LogP contribution in [0, 0.1) is 19.7 Å². The first-order valence-electron chi connectivity index (χ1n) is 11.5. The van der Waals surface area contributed by atoms with Crippen molar-refractivity contribution >= 4 is 22.2 Å². The monoisotopic (exact) mass is 484 g/mol. The van der Waals surface area contributed by atoms with Gasteiger partial charge in [0.05, 0.1) is 24.5 Å². The first-order chi connectivity index (χ1) is 17.3. The maximum Gasteiger partial charge on any atom is 0.274 e. The van der Waals surface area contributed by atoms with Crippen LogP contribution in [0.1, 0.15) is 40.3 Å². The van der Waals surface area contributed by atoms with Gasteiger partial charge in [0.1, 0.15) is 5.52 Å². The molecule has 3 aromatic carbocycles. The number of H-pyrrole nitrogens is 1. The summed E-state index contributed by atoms with van der Waals surface area (Å²) < 4.78 is 20.6. The van der Waals surface area contributed by atoms with Crippen LogP contribution in [-0.4, -0.2) is 27.6 Å². The Bertz CT molecular complexity index is 1700. The van der Waals surface area contributed by atoms with E-state index in [0.29, 0.717) is 28.0 Å². The molecule has 182 valence electrons. The molecule has 7 nitrogen and oxygen atoms in total. The van der Waals surface area contributed by atoms with Crippen molar-refractivity contribution in [2.45, 2.75) is 26.8 Å². The first kappa shape index (κ1) is 23.3. The molecule has 5 aromatic rings. The van der Waals surface area contributed by atoms with Crippen LogP contribution in [0.4, 0.5) is 4.39 Å². The first-order valence-corrected chi connectivity index (χ1v) is 11.5. The molecule has 2 N–H and O–H groups in total. The van der Waals surface area contributed by atoms with E-state index in [1.807, 2.05) is 49.4 Å². The Morgan fingerprint density at radius 2 is 1.83 bits per heavy atom. The molecule has 0 aliphatic rings. The summed E-state index contributed by atoms with van der Waals surface area (Å²) in [6.45, 7) is 5.30. The highest BCUT2D eigenvalue weighted by Crippen LogP contribution is 2.27. The molecule has 0 fully saturated rings. The number of aromatic nitrogens is 3. The number of nitrogens with one attached hydrogen (secondary N) is 2. The zero-order valence-electron chi connectivity index (χ0n) is 20.3. The summed E-state index contributed by atoms with van der Waals surface area (Å²) in [4.78, 5) is 29.2. The Kier molecular flexibility index (Phi) is 5.80. The summed E-state index contributed by atoms with van der Waals surface area (Å²) in [6.07, 6.45) is 0. The molecule has 5 rings (SSSR count). The second kappa shape index (κ2) is 8.96. The lowest BCUT2D eigenvalue weighted by atomic mass is 10.0. The lowest BCUT2D eigenvalue weighted by Crippen LogP contribution is -2.27. The molecular weight excluding hydrogens is 459 g/mol. The van der Waals surface area contributed by atoms with E-state index in [9.17, 15) is 14.0 Å². The minimum atomic E-state index is -0.511. The van der Waals surface area contributed by atoms with Gasteiger partial charge in [0.25, 0.3) is 11.5 Å². The van der Waals surface area contributed by atoms with Gasteiger partial charge >= 0.3 is 0 Å². The van der Waals surface area contributed by atoms with Crippen LogP contribution in [0.25, 0.3) is 27.5 Å². The van der Waals surface area contributed by atoms with E-state index >= 15 is 0 Å². The third-order valence-electron chi connectivity index (χ3n) is 6.53. The number of methoxy groups -OCH3 is 1. The Balaban J connectivity index is 1.52. The number of fused-ring (bicyclic) bond motifs is 2. The van der Waals surface area contributed by atoms with E-state index in [4.69, 9.17) is 4.74 Å². The van der Waals surface area contributed by atoms with Crippen LogP contribution in [0.3, 0.4) is 0 Å². The highest BCUT2D eigenvalue weighted by Gasteiger charge is 2.23. The molecule has 0 bridgehead atoms. The predicted molar refractivity (Wildman–Crippen MR) is 137 cm³/mol. The van der Waals surface area contributed by atoms with Crippen LogP contribution in [0.15, 0.2) is 65.5 Å². The quantitative estimate of drug-likeness (QED) is 0.363. The van der Waals surface area contributed by atoms with Crippen molar-refractivity contribution in [3.63, 3.8) is 0 Å². The topological polar surface area (TPSA) is 88.5 Å². The zero-order valence-corrected chi connectivity index (χ0v) is 20.3. The van der Waals surface area contributed by atoms with Gasteiger partial charge in [0, 0.05) is 11.1 Å². The lowest BCUT2D eigenvalue weighted by Gasteiger charge is -2.14. The van der Waals surface area contributed by atoms with Gasteiger partial charge in [-0.15, -0.1) is 0 Å². The van der Waals surface area contributed by atoms with Gasteiger partial charge in [0.2, 0.25) is 0 Å². The molecule has 1 unspecified atom stereocenters. The van der Waals surface area contributed by atoms with Crippen molar-refractivity contribution in [3.05, 3.63) is 99.3 Å². The number of benzene rings is 3. The van der Waals surface area contributed by atoms with Crippen molar-refractivity contribution in [1.29, 1.82) is 0 Å². The number of nitrogens with zero attached hydrogens (tertiary/aromatic N) is 2. The third kappa shape index (κ3) is 3.90. The van der Waals surface area contributed by atoms with Gasteiger partial charge in [-0.1, -0.05) is 42.5 Å². The Morgan fingerprint density at radius 1 is 1.08 bits per heavy atom. The molecule has 0 saturated carbocycles. The second-order valence-electron chi connectivity index (χ2n) is 8.80. The fourth-order valence-electron chi connectivity index (χ4n) is 4.52. The van der Waals surface area contributed by atoms with E-state index in [-0.39, 0.29) is 17.0 Å². The molecule has 0 saturated heterocycles. The molecule has 36 heavy (non-hydrogen) atoms. The van der Waals surface area contributed by atoms with Gasteiger partial charge in [-0.2, -0.15) is 5.10 Å². The number of hydrogen-bond acceptors (Lipinski definition) is 4. The van der Waals surface area contributed by atoms with Crippen molar-refractivity contribution in [2.24, 2.45) is 0 Å². The number of halogens is 1. The number of carbonyl (C=O) groups is 1. The Hall–Kier alpha value is -4.46. The van der Waals surface area contributed by atoms with Crippen LogP contribution in [0.2, 0.25) is 0 Å². The molecule has 2 heterocycles. The molecular formula is C28H25FN4O3. The SMILES string of the molecule is COc1ccc(C(C)NC(=O)c2nn3c(C)c(-c4ccc5ccccc5c4)[nH]c(=O)c3c2C)cc1F. The minimum Gasteiger partial charge on any atom is -0.494 e. The maximum atomic E-state index is 14.1. The number of rotatable bonds is 5. The van der Waals surface area contributed by atoms with Crippen LogP contribution < -0.4 is 15.6 Å². The summed E-state index contributed by atoms with van der Waals surface area (Å²) in [5, 5.41) is 9.50. The van der Waals surface area contributed by atoms with Crippen molar-refractivity contribution in [3.8, 4) is 17.0 Å². The molecule has 8 heteroatoms. The fourth-order valence-corrected chi connectivity index (χ4v) is 4.52.